The summed E-state index contributed by atoms with van der Waals surface area (Å²) in [6.07, 6.45) is 0. The second-order valence-corrected chi connectivity index (χ2v) is 4.91. The van der Waals surface area contributed by atoms with Crippen molar-refractivity contribution in [2.75, 3.05) is 27.4 Å². The summed E-state index contributed by atoms with van der Waals surface area (Å²) >= 11 is 0. The minimum Gasteiger partial charge on any atom is -0.458 e. The number of hydrogen-bond donors (Lipinski definition) is 0. The zero-order valence-electron chi connectivity index (χ0n) is 13.1. The minimum atomic E-state index is -0.569. The van der Waals surface area contributed by atoms with Crippen molar-refractivity contribution in [2.45, 2.75) is 33.4 Å². The summed E-state index contributed by atoms with van der Waals surface area (Å²) in [7, 11) is 3.24. The van der Waals surface area contributed by atoms with E-state index >= 15 is 0 Å². The van der Waals surface area contributed by atoms with Crippen molar-refractivity contribution < 1.29 is 19.1 Å². The van der Waals surface area contributed by atoms with Gasteiger partial charge in [-0.25, -0.2) is 9.48 Å². The Morgan fingerprint density at radius 3 is 2.57 bits per heavy atom. The molecule has 0 saturated heterocycles. The lowest BCUT2D eigenvalue weighted by atomic mass is 10.3. The third-order valence-corrected chi connectivity index (χ3v) is 3.15. The van der Waals surface area contributed by atoms with Gasteiger partial charge in [0.2, 0.25) is 5.91 Å². The van der Waals surface area contributed by atoms with E-state index in [1.807, 2.05) is 13.8 Å². The van der Waals surface area contributed by atoms with Gasteiger partial charge in [0.15, 0.2) is 5.69 Å². The van der Waals surface area contributed by atoms with Crippen molar-refractivity contribution >= 4 is 11.9 Å². The quantitative estimate of drug-likeness (QED) is 0.530. The maximum absolute atomic E-state index is 12.0. The molecule has 0 unspecified atom stereocenters. The van der Waals surface area contributed by atoms with E-state index in [4.69, 9.17) is 9.47 Å². The van der Waals surface area contributed by atoms with Crippen LogP contribution in [0.25, 0.3) is 0 Å². The van der Waals surface area contributed by atoms with Crippen LogP contribution in [-0.2, 0) is 20.8 Å². The Kier molecular flexibility index (Phi) is 6.29. The summed E-state index contributed by atoms with van der Waals surface area (Å²) in [5.41, 5.74) is 0.619. The van der Waals surface area contributed by atoms with Crippen molar-refractivity contribution in [3.8, 4) is 0 Å². The van der Waals surface area contributed by atoms with Gasteiger partial charge in [0.1, 0.15) is 13.2 Å². The summed E-state index contributed by atoms with van der Waals surface area (Å²) < 4.78 is 11.2. The third-order valence-electron chi connectivity index (χ3n) is 3.15. The van der Waals surface area contributed by atoms with Gasteiger partial charge in [-0.05, 0) is 20.8 Å². The van der Waals surface area contributed by atoms with E-state index < -0.39 is 5.97 Å². The second kappa shape index (κ2) is 7.72. The fraction of sp³-hybridized carbons (Fsp3) is 0.692. The van der Waals surface area contributed by atoms with Crippen LogP contribution in [0.4, 0.5) is 0 Å². The lowest BCUT2D eigenvalue weighted by Crippen LogP contribution is -2.36. The monoisotopic (exact) mass is 298 g/mol. The Hall–Kier alpha value is -1.96. The maximum atomic E-state index is 12.0. The van der Waals surface area contributed by atoms with E-state index in [9.17, 15) is 9.59 Å². The minimum absolute atomic E-state index is 0.0405. The average molecular weight is 298 g/mol. The normalized spacial score (nSPS) is 10.8. The zero-order valence-corrected chi connectivity index (χ0v) is 13.1. The van der Waals surface area contributed by atoms with Gasteiger partial charge in [-0.1, -0.05) is 5.21 Å². The largest absolute Gasteiger partial charge is 0.458 e. The molecule has 1 heterocycles. The van der Waals surface area contributed by atoms with Gasteiger partial charge in [-0.3, -0.25) is 4.79 Å². The summed E-state index contributed by atoms with van der Waals surface area (Å²) in [6, 6.07) is 0.0970. The molecule has 0 atom stereocenters. The number of ether oxygens (including phenoxy) is 2. The van der Waals surface area contributed by atoms with Gasteiger partial charge in [0.05, 0.1) is 12.3 Å². The van der Waals surface area contributed by atoms with Crippen molar-refractivity contribution in [1.82, 2.24) is 19.9 Å². The molecule has 8 heteroatoms. The van der Waals surface area contributed by atoms with E-state index in [0.717, 1.165) is 0 Å². The van der Waals surface area contributed by atoms with Crippen molar-refractivity contribution in [3.63, 3.8) is 0 Å². The van der Waals surface area contributed by atoms with Gasteiger partial charge in [-0.2, -0.15) is 0 Å². The Bertz CT molecular complexity index is 498. The van der Waals surface area contributed by atoms with E-state index in [2.05, 4.69) is 10.3 Å². The summed E-state index contributed by atoms with van der Waals surface area (Å²) in [6.45, 7) is 6.02. The number of likely N-dealkylation sites (N-methyl/N-ethyl adjacent to an activating group) is 1. The van der Waals surface area contributed by atoms with Gasteiger partial charge in [0, 0.05) is 20.2 Å². The molecule has 0 bridgehead atoms. The standard InChI is InChI=1S/C13H22N4O4/c1-9(2)16(4)11(18)8-17-10(3)12(14-15-17)13(19)21-7-6-20-5/h9H,6-8H2,1-5H3. The SMILES string of the molecule is COCCOC(=O)c1nnn(CC(=O)N(C)C(C)C)c1C. The van der Waals surface area contributed by atoms with Crippen LogP contribution >= 0.6 is 0 Å². The maximum Gasteiger partial charge on any atom is 0.360 e. The van der Waals surface area contributed by atoms with Gasteiger partial charge < -0.3 is 14.4 Å². The Morgan fingerprint density at radius 2 is 2.00 bits per heavy atom. The predicted molar refractivity (Wildman–Crippen MR) is 74.8 cm³/mol. The molecule has 0 fully saturated rings. The molecule has 118 valence electrons. The molecule has 0 aliphatic heterocycles. The molecule has 0 aromatic carbocycles. The number of amides is 1. The first-order valence-corrected chi connectivity index (χ1v) is 6.70. The second-order valence-electron chi connectivity index (χ2n) is 4.91. The Morgan fingerprint density at radius 1 is 1.33 bits per heavy atom. The van der Waals surface area contributed by atoms with E-state index in [1.54, 1.807) is 18.9 Å². The van der Waals surface area contributed by atoms with Crippen molar-refractivity contribution in [3.05, 3.63) is 11.4 Å². The molecule has 1 amide bonds. The van der Waals surface area contributed by atoms with Crippen LogP contribution in [-0.4, -0.2) is 65.2 Å². The third kappa shape index (κ3) is 4.52. The van der Waals surface area contributed by atoms with Gasteiger partial charge in [-0.15, -0.1) is 5.10 Å². The number of esters is 1. The number of carbonyl (C=O) groups is 2. The van der Waals surface area contributed by atoms with E-state index in [1.165, 1.54) is 11.8 Å². The molecule has 1 aromatic heterocycles. The topological polar surface area (TPSA) is 86.5 Å². The number of aromatic nitrogens is 3. The summed E-state index contributed by atoms with van der Waals surface area (Å²) in [5.74, 6) is -0.669. The van der Waals surface area contributed by atoms with Crippen LogP contribution in [0.2, 0.25) is 0 Å². The molecule has 1 rings (SSSR count). The number of carbonyl (C=O) groups excluding carboxylic acids is 2. The molecular formula is C13H22N4O4. The molecule has 21 heavy (non-hydrogen) atoms. The lowest BCUT2D eigenvalue weighted by molar-refractivity contribution is -0.132. The molecule has 0 aliphatic carbocycles. The molecule has 1 aromatic rings. The predicted octanol–water partition coefficient (Wildman–Crippen LogP) is 0.257. The first-order chi connectivity index (χ1) is 9.88. The highest BCUT2D eigenvalue weighted by Gasteiger charge is 2.20. The molecule has 8 nitrogen and oxygen atoms in total. The van der Waals surface area contributed by atoms with Crippen molar-refractivity contribution in [1.29, 1.82) is 0 Å². The lowest BCUT2D eigenvalue weighted by Gasteiger charge is -2.21. The molecule has 0 N–H and O–H groups in total. The number of rotatable bonds is 7. The highest BCUT2D eigenvalue weighted by molar-refractivity contribution is 5.88. The van der Waals surface area contributed by atoms with Crippen molar-refractivity contribution in [2.24, 2.45) is 0 Å². The zero-order chi connectivity index (χ0) is 16.0. The smallest absolute Gasteiger partial charge is 0.360 e. The first kappa shape index (κ1) is 17.1. The molecule has 0 aliphatic rings. The van der Waals surface area contributed by atoms with E-state index in [-0.39, 0.29) is 30.8 Å². The van der Waals surface area contributed by atoms with Crippen LogP contribution in [0.3, 0.4) is 0 Å². The first-order valence-electron chi connectivity index (χ1n) is 6.70. The number of methoxy groups -OCH3 is 1. The van der Waals surface area contributed by atoms with Crippen LogP contribution in [0, 0.1) is 6.92 Å². The van der Waals surface area contributed by atoms with Gasteiger partial charge in [0.25, 0.3) is 0 Å². The van der Waals surface area contributed by atoms with Gasteiger partial charge >= 0.3 is 5.97 Å². The van der Waals surface area contributed by atoms with Crippen LogP contribution in [0.1, 0.15) is 30.0 Å². The Balaban J connectivity index is 2.71. The summed E-state index contributed by atoms with van der Waals surface area (Å²) in [4.78, 5) is 25.4. The highest BCUT2D eigenvalue weighted by Crippen LogP contribution is 2.07. The molecular weight excluding hydrogens is 276 g/mol. The van der Waals surface area contributed by atoms with Crippen LogP contribution in [0.5, 0.6) is 0 Å². The Labute approximate surface area is 124 Å². The summed E-state index contributed by atoms with van der Waals surface area (Å²) in [5, 5.41) is 7.61. The fourth-order valence-electron chi connectivity index (χ4n) is 1.51. The number of nitrogens with zero attached hydrogens (tertiary/aromatic N) is 4. The molecule has 0 spiro atoms. The van der Waals surface area contributed by atoms with Crippen LogP contribution in [0.15, 0.2) is 0 Å². The highest BCUT2D eigenvalue weighted by atomic mass is 16.6. The number of hydrogen-bond acceptors (Lipinski definition) is 6. The fourth-order valence-corrected chi connectivity index (χ4v) is 1.51. The van der Waals surface area contributed by atoms with E-state index in [0.29, 0.717) is 12.3 Å². The molecule has 0 saturated carbocycles. The molecule has 0 radical (unpaired) electrons. The average Bonchev–Trinajstić information content (AvgIpc) is 2.79. The van der Waals surface area contributed by atoms with Crippen LogP contribution < -0.4 is 0 Å².